The predicted molar refractivity (Wildman–Crippen MR) is 82.1 cm³/mol. The number of rotatable bonds is 8. The first-order valence-electron chi connectivity index (χ1n) is 6.59. The van der Waals surface area contributed by atoms with Gasteiger partial charge in [0.05, 0.1) is 15.7 Å². The Balaban J connectivity index is 2.24. The lowest BCUT2D eigenvalue weighted by Crippen LogP contribution is -2.26. The Morgan fingerprint density at radius 3 is 2.47 bits per heavy atom. The molecule has 0 atom stereocenters. The molecule has 1 aromatic rings. The van der Waals surface area contributed by atoms with Gasteiger partial charge in [-0.3, -0.25) is 4.79 Å². The lowest BCUT2D eigenvalue weighted by Gasteiger charge is -2.10. The number of hydrogen-bond acceptors (Lipinski definition) is 2. The third kappa shape index (κ3) is 6.17. The summed E-state index contributed by atoms with van der Waals surface area (Å²) in [5.74, 6) is 0.0479. The summed E-state index contributed by atoms with van der Waals surface area (Å²) in [4.78, 5) is 11.5. The molecule has 0 fully saturated rings. The van der Waals surface area contributed by atoms with Crippen LogP contribution in [0, 0.1) is 0 Å². The Morgan fingerprint density at radius 1 is 1.16 bits per heavy atom. The van der Waals surface area contributed by atoms with Crippen molar-refractivity contribution >= 4 is 34.8 Å². The number of hydrogen-bond donors (Lipinski definition) is 2. The molecule has 5 heteroatoms. The Morgan fingerprint density at radius 2 is 1.84 bits per heavy atom. The van der Waals surface area contributed by atoms with Gasteiger partial charge in [-0.1, -0.05) is 49.0 Å². The Hall–Kier alpha value is -0.930. The average Bonchev–Trinajstić information content (AvgIpc) is 2.38. The van der Waals surface area contributed by atoms with Gasteiger partial charge in [-0.25, -0.2) is 0 Å². The van der Waals surface area contributed by atoms with Crippen LogP contribution in [0.15, 0.2) is 18.2 Å². The summed E-state index contributed by atoms with van der Waals surface area (Å²) in [5.41, 5.74) is 0.685. The second-order valence-electron chi connectivity index (χ2n) is 4.33. The first kappa shape index (κ1) is 16.1. The van der Waals surface area contributed by atoms with E-state index in [4.69, 9.17) is 23.2 Å². The summed E-state index contributed by atoms with van der Waals surface area (Å²) in [6, 6.07) is 5.32. The molecular weight excluding hydrogens is 283 g/mol. The van der Waals surface area contributed by atoms with Crippen molar-refractivity contribution in [3.05, 3.63) is 28.2 Å². The lowest BCUT2D eigenvalue weighted by molar-refractivity contribution is -0.120. The van der Waals surface area contributed by atoms with Crippen molar-refractivity contribution in [1.82, 2.24) is 5.32 Å². The fraction of sp³-hybridized carbons (Fsp3) is 0.500. The van der Waals surface area contributed by atoms with E-state index in [1.54, 1.807) is 18.2 Å². The topological polar surface area (TPSA) is 41.1 Å². The molecule has 0 heterocycles. The van der Waals surface area contributed by atoms with Gasteiger partial charge in [0.2, 0.25) is 5.91 Å². The zero-order chi connectivity index (χ0) is 14.1. The maximum atomic E-state index is 11.5. The van der Waals surface area contributed by atoms with E-state index in [0.717, 1.165) is 25.8 Å². The third-order valence-corrected chi connectivity index (χ3v) is 3.35. The molecule has 106 valence electrons. The standard InChI is InChI=1S/C14H20Cl2N2O/c1-2-3-4-9-17-13(19)8-10-18-14-11(15)6-5-7-12(14)16/h5-7,18H,2-4,8-10H2,1H3,(H,17,19). The SMILES string of the molecule is CCCCCNC(=O)CCNc1c(Cl)cccc1Cl. The van der Waals surface area contributed by atoms with Crippen molar-refractivity contribution in [2.75, 3.05) is 18.4 Å². The molecule has 0 aliphatic heterocycles. The number of carbonyl (C=O) groups is 1. The maximum absolute atomic E-state index is 11.5. The molecule has 0 aromatic heterocycles. The number of para-hydroxylation sites is 1. The highest BCUT2D eigenvalue weighted by molar-refractivity contribution is 6.39. The minimum Gasteiger partial charge on any atom is -0.382 e. The van der Waals surface area contributed by atoms with E-state index in [1.807, 2.05) is 0 Å². The van der Waals surface area contributed by atoms with Crippen molar-refractivity contribution in [1.29, 1.82) is 0 Å². The minimum absolute atomic E-state index is 0.0479. The van der Waals surface area contributed by atoms with E-state index in [9.17, 15) is 4.79 Å². The van der Waals surface area contributed by atoms with Gasteiger partial charge in [0.15, 0.2) is 0 Å². The molecule has 0 bridgehead atoms. The Kier molecular flexibility index (Phi) is 7.68. The molecule has 0 saturated carbocycles. The van der Waals surface area contributed by atoms with Gasteiger partial charge in [0.1, 0.15) is 0 Å². The van der Waals surface area contributed by atoms with Gasteiger partial charge >= 0.3 is 0 Å². The highest BCUT2D eigenvalue weighted by atomic mass is 35.5. The number of carbonyl (C=O) groups excluding carboxylic acids is 1. The summed E-state index contributed by atoms with van der Waals surface area (Å²) >= 11 is 12.0. The molecule has 1 aromatic carbocycles. The summed E-state index contributed by atoms with van der Waals surface area (Å²) in [7, 11) is 0. The molecular formula is C14H20Cl2N2O. The predicted octanol–water partition coefficient (Wildman–Crippen LogP) is 4.10. The van der Waals surface area contributed by atoms with Crippen LogP contribution in [-0.4, -0.2) is 19.0 Å². The molecule has 19 heavy (non-hydrogen) atoms. The zero-order valence-electron chi connectivity index (χ0n) is 11.1. The molecule has 2 N–H and O–H groups in total. The number of benzene rings is 1. The maximum Gasteiger partial charge on any atom is 0.221 e. The van der Waals surface area contributed by atoms with Crippen molar-refractivity contribution in [3.63, 3.8) is 0 Å². The molecule has 0 radical (unpaired) electrons. The fourth-order valence-electron chi connectivity index (χ4n) is 1.66. The Bertz CT molecular complexity index is 390. The second kappa shape index (κ2) is 9.05. The van der Waals surface area contributed by atoms with E-state index in [2.05, 4.69) is 17.6 Å². The van der Waals surface area contributed by atoms with Gasteiger partial charge in [-0.05, 0) is 18.6 Å². The first-order chi connectivity index (χ1) is 9.15. The van der Waals surface area contributed by atoms with E-state index in [1.165, 1.54) is 0 Å². The summed E-state index contributed by atoms with van der Waals surface area (Å²) in [5, 5.41) is 7.11. The normalized spacial score (nSPS) is 10.3. The van der Waals surface area contributed by atoms with E-state index in [-0.39, 0.29) is 5.91 Å². The number of amides is 1. The minimum atomic E-state index is 0.0479. The van der Waals surface area contributed by atoms with Gasteiger partial charge in [0, 0.05) is 19.5 Å². The summed E-state index contributed by atoms with van der Waals surface area (Å²) < 4.78 is 0. The van der Waals surface area contributed by atoms with Crippen LogP contribution < -0.4 is 10.6 Å². The van der Waals surface area contributed by atoms with Crippen LogP contribution in [0.5, 0.6) is 0 Å². The average molecular weight is 303 g/mol. The lowest BCUT2D eigenvalue weighted by atomic mass is 10.2. The fourth-order valence-corrected chi connectivity index (χ4v) is 2.19. The van der Waals surface area contributed by atoms with E-state index in [0.29, 0.717) is 28.7 Å². The highest BCUT2D eigenvalue weighted by Crippen LogP contribution is 2.29. The molecule has 0 saturated heterocycles. The quantitative estimate of drug-likeness (QED) is 0.710. The van der Waals surface area contributed by atoms with Crippen molar-refractivity contribution in [3.8, 4) is 0 Å². The monoisotopic (exact) mass is 302 g/mol. The largest absolute Gasteiger partial charge is 0.382 e. The number of anilines is 1. The third-order valence-electron chi connectivity index (χ3n) is 2.72. The van der Waals surface area contributed by atoms with Crippen LogP contribution in [0.25, 0.3) is 0 Å². The van der Waals surface area contributed by atoms with Crippen molar-refractivity contribution in [2.24, 2.45) is 0 Å². The van der Waals surface area contributed by atoms with Crippen molar-refractivity contribution in [2.45, 2.75) is 32.6 Å². The second-order valence-corrected chi connectivity index (χ2v) is 5.14. The number of nitrogens with one attached hydrogen (secondary N) is 2. The first-order valence-corrected chi connectivity index (χ1v) is 7.35. The molecule has 1 amide bonds. The Labute approximate surface area is 124 Å². The van der Waals surface area contributed by atoms with Crippen LogP contribution in [-0.2, 0) is 4.79 Å². The zero-order valence-corrected chi connectivity index (χ0v) is 12.7. The van der Waals surface area contributed by atoms with Crippen molar-refractivity contribution < 1.29 is 4.79 Å². The summed E-state index contributed by atoms with van der Waals surface area (Å²) in [6.45, 7) is 3.40. The van der Waals surface area contributed by atoms with Crippen LogP contribution >= 0.6 is 23.2 Å². The number of unbranched alkanes of at least 4 members (excludes halogenated alkanes) is 2. The van der Waals surface area contributed by atoms with E-state index < -0.39 is 0 Å². The molecule has 0 aliphatic carbocycles. The molecule has 1 rings (SSSR count). The molecule has 0 aliphatic rings. The smallest absolute Gasteiger partial charge is 0.221 e. The molecule has 0 unspecified atom stereocenters. The molecule has 0 spiro atoms. The van der Waals surface area contributed by atoms with Crippen LogP contribution in [0.2, 0.25) is 10.0 Å². The van der Waals surface area contributed by atoms with Crippen LogP contribution in [0.3, 0.4) is 0 Å². The van der Waals surface area contributed by atoms with Gasteiger partial charge < -0.3 is 10.6 Å². The number of halogens is 2. The van der Waals surface area contributed by atoms with E-state index >= 15 is 0 Å². The highest BCUT2D eigenvalue weighted by Gasteiger charge is 2.05. The van der Waals surface area contributed by atoms with Gasteiger partial charge in [-0.2, -0.15) is 0 Å². The summed E-state index contributed by atoms with van der Waals surface area (Å²) in [6.07, 6.45) is 3.75. The van der Waals surface area contributed by atoms with Crippen LogP contribution in [0.1, 0.15) is 32.6 Å². The van der Waals surface area contributed by atoms with Gasteiger partial charge in [0.25, 0.3) is 0 Å². The molecule has 3 nitrogen and oxygen atoms in total. The van der Waals surface area contributed by atoms with Crippen LogP contribution in [0.4, 0.5) is 5.69 Å². The van der Waals surface area contributed by atoms with Gasteiger partial charge in [-0.15, -0.1) is 0 Å².